The zero-order valence-electron chi connectivity index (χ0n) is 15.0. The van der Waals surface area contributed by atoms with Gasteiger partial charge in [-0.3, -0.25) is 4.79 Å². The molecule has 1 aromatic carbocycles. The lowest BCUT2D eigenvalue weighted by atomic mass is 10.2. The van der Waals surface area contributed by atoms with Crippen molar-refractivity contribution >= 4 is 27.9 Å². The van der Waals surface area contributed by atoms with Gasteiger partial charge in [-0.25, -0.2) is 9.18 Å². The molecule has 138 valence electrons. The van der Waals surface area contributed by atoms with Crippen LogP contribution in [-0.2, 0) is 16.1 Å². The van der Waals surface area contributed by atoms with E-state index in [9.17, 15) is 14.0 Å². The molecule has 0 aliphatic carbocycles. The summed E-state index contributed by atoms with van der Waals surface area (Å²) >= 11 is 3.29. The Bertz CT molecular complexity index is 644. The molecule has 0 aromatic heterocycles. The molecule has 25 heavy (non-hydrogen) atoms. The minimum Gasteiger partial charge on any atom is -0.444 e. The maximum Gasteiger partial charge on any atom is 0.410 e. The van der Waals surface area contributed by atoms with Crippen molar-refractivity contribution in [2.24, 2.45) is 0 Å². The third kappa shape index (κ3) is 7.25. The van der Waals surface area contributed by atoms with Crippen LogP contribution in [0.25, 0.3) is 0 Å². The summed E-state index contributed by atoms with van der Waals surface area (Å²) in [6, 6.07) is 4.55. The monoisotopic (exact) mass is 414 g/mol. The standard InChI is InChI=1S/C18H24BrFN2O3/c1-6-9-22(11-13-10-14(19)7-8-15(13)20)16(23)12-21(5)17(24)25-18(2,3)4/h6-8,10H,1,9,11-12H2,2-5H3. The molecule has 5 nitrogen and oxygen atoms in total. The van der Waals surface area contributed by atoms with Crippen LogP contribution in [0.3, 0.4) is 0 Å². The Balaban J connectivity index is 2.81. The van der Waals surface area contributed by atoms with Crippen LogP contribution in [0.4, 0.5) is 9.18 Å². The zero-order chi connectivity index (χ0) is 19.2. The van der Waals surface area contributed by atoms with Gasteiger partial charge in [0.2, 0.25) is 5.91 Å². The number of carbonyl (C=O) groups excluding carboxylic acids is 2. The number of hydrogen-bond acceptors (Lipinski definition) is 3. The Morgan fingerprint density at radius 1 is 1.36 bits per heavy atom. The van der Waals surface area contributed by atoms with E-state index in [1.807, 2.05) is 0 Å². The molecule has 2 amide bonds. The zero-order valence-corrected chi connectivity index (χ0v) is 16.6. The predicted octanol–water partition coefficient (Wildman–Crippen LogP) is 3.97. The molecule has 0 heterocycles. The lowest BCUT2D eigenvalue weighted by molar-refractivity contribution is -0.132. The van der Waals surface area contributed by atoms with E-state index in [1.54, 1.807) is 39.0 Å². The van der Waals surface area contributed by atoms with Gasteiger partial charge in [0.1, 0.15) is 18.0 Å². The summed E-state index contributed by atoms with van der Waals surface area (Å²) in [6.45, 7) is 9.03. The molecule has 7 heteroatoms. The molecule has 0 unspecified atom stereocenters. The smallest absolute Gasteiger partial charge is 0.410 e. The Kier molecular flexibility index (Phi) is 7.60. The molecule has 1 aromatic rings. The van der Waals surface area contributed by atoms with Gasteiger partial charge in [-0.2, -0.15) is 0 Å². The minimum atomic E-state index is -0.644. The highest BCUT2D eigenvalue weighted by Gasteiger charge is 2.23. The second kappa shape index (κ2) is 8.99. The van der Waals surface area contributed by atoms with E-state index in [0.717, 1.165) is 4.47 Å². The van der Waals surface area contributed by atoms with Crippen LogP contribution in [0.2, 0.25) is 0 Å². The van der Waals surface area contributed by atoms with E-state index in [1.165, 1.54) is 22.9 Å². The third-order valence-electron chi connectivity index (χ3n) is 3.15. The van der Waals surface area contributed by atoms with Gasteiger partial charge in [-0.1, -0.05) is 22.0 Å². The average Bonchev–Trinajstić information content (AvgIpc) is 2.48. The molecule has 0 aliphatic rings. The fraction of sp³-hybridized carbons (Fsp3) is 0.444. The second-order valence-corrected chi connectivity index (χ2v) is 7.55. The van der Waals surface area contributed by atoms with Crippen LogP contribution in [0, 0.1) is 5.82 Å². The fourth-order valence-corrected chi connectivity index (χ4v) is 2.40. The highest BCUT2D eigenvalue weighted by Crippen LogP contribution is 2.17. The molecule has 0 N–H and O–H groups in total. The summed E-state index contributed by atoms with van der Waals surface area (Å²) in [5, 5.41) is 0. The second-order valence-electron chi connectivity index (χ2n) is 6.64. The Morgan fingerprint density at radius 3 is 2.56 bits per heavy atom. The molecule has 1 rings (SSSR count). The average molecular weight is 415 g/mol. The van der Waals surface area contributed by atoms with Crippen LogP contribution in [0.15, 0.2) is 35.3 Å². The minimum absolute atomic E-state index is 0.0816. The van der Waals surface area contributed by atoms with Crippen LogP contribution in [0.1, 0.15) is 26.3 Å². The number of carbonyl (C=O) groups is 2. The van der Waals surface area contributed by atoms with Crippen LogP contribution in [0.5, 0.6) is 0 Å². The first kappa shape index (κ1) is 21.2. The highest BCUT2D eigenvalue weighted by molar-refractivity contribution is 9.10. The van der Waals surface area contributed by atoms with E-state index in [2.05, 4.69) is 22.5 Å². The summed E-state index contributed by atoms with van der Waals surface area (Å²) in [5.74, 6) is -0.724. The lowest BCUT2D eigenvalue weighted by Gasteiger charge is -2.27. The van der Waals surface area contributed by atoms with Crippen molar-refractivity contribution in [1.82, 2.24) is 9.80 Å². The van der Waals surface area contributed by atoms with E-state index in [4.69, 9.17) is 4.74 Å². The van der Waals surface area contributed by atoms with Crippen molar-refractivity contribution in [1.29, 1.82) is 0 Å². The summed E-state index contributed by atoms with van der Waals surface area (Å²) in [7, 11) is 1.48. The molecule has 0 bridgehead atoms. The van der Waals surface area contributed by atoms with Crippen molar-refractivity contribution in [3.05, 3.63) is 46.7 Å². The highest BCUT2D eigenvalue weighted by atomic mass is 79.9. The molecule has 0 spiro atoms. The van der Waals surface area contributed by atoms with Gasteiger partial charge >= 0.3 is 6.09 Å². The Hall–Kier alpha value is -1.89. The van der Waals surface area contributed by atoms with Crippen LogP contribution in [-0.4, -0.2) is 47.5 Å². The molecule has 0 radical (unpaired) electrons. The SMILES string of the molecule is C=CCN(Cc1cc(Br)ccc1F)C(=O)CN(C)C(=O)OC(C)(C)C. The summed E-state index contributed by atoms with van der Waals surface area (Å²) in [5.41, 5.74) is -0.265. The first-order chi connectivity index (χ1) is 11.5. The number of nitrogens with zero attached hydrogens (tertiary/aromatic N) is 2. The largest absolute Gasteiger partial charge is 0.444 e. The molecular formula is C18H24BrFN2O3. The summed E-state index contributed by atoms with van der Waals surface area (Å²) in [4.78, 5) is 27.1. The topological polar surface area (TPSA) is 49.9 Å². The van der Waals surface area contributed by atoms with Gasteiger partial charge in [0, 0.05) is 30.2 Å². The van der Waals surface area contributed by atoms with Gasteiger partial charge in [-0.15, -0.1) is 6.58 Å². The fourth-order valence-electron chi connectivity index (χ4n) is 1.99. The van der Waals surface area contributed by atoms with Crippen molar-refractivity contribution in [2.75, 3.05) is 20.1 Å². The first-order valence-electron chi connectivity index (χ1n) is 7.80. The van der Waals surface area contributed by atoms with Crippen molar-refractivity contribution < 1.29 is 18.7 Å². The van der Waals surface area contributed by atoms with E-state index in [-0.39, 0.29) is 25.5 Å². The van der Waals surface area contributed by atoms with Crippen LogP contribution < -0.4 is 0 Å². The van der Waals surface area contributed by atoms with Crippen molar-refractivity contribution in [3.63, 3.8) is 0 Å². The van der Waals surface area contributed by atoms with E-state index < -0.39 is 17.5 Å². The van der Waals surface area contributed by atoms with Gasteiger partial charge in [0.15, 0.2) is 0 Å². The maximum atomic E-state index is 13.9. The van der Waals surface area contributed by atoms with E-state index >= 15 is 0 Å². The normalized spacial score (nSPS) is 11.0. The number of hydrogen-bond donors (Lipinski definition) is 0. The quantitative estimate of drug-likeness (QED) is 0.661. The Labute approximate surface area is 156 Å². The van der Waals surface area contributed by atoms with Crippen LogP contribution >= 0.6 is 15.9 Å². The van der Waals surface area contributed by atoms with Gasteiger partial charge < -0.3 is 14.5 Å². The van der Waals surface area contributed by atoms with Crippen molar-refractivity contribution in [3.8, 4) is 0 Å². The van der Waals surface area contributed by atoms with Gasteiger partial charge in [-0.05, 0) is 39.0 Å². The lowest BCUT2D eigenvalue weighted by Crippen LogP contribution is -2.42. The molecule has 0 saturated heterocycles. The number of likely N-dealkylation sites (N-methyl/N-ethyl adjacent to an activating group) is 1. The summed E-state index contributed by atoms with van der Waals surface area (Å²) in [6.07, 6.45) is 0.967. The number of ether oxygens (including phenoxy) is 1. The number of benzene rings is 1. The first-order valence-corrected chi connectivity index (χ1v) is 8.59. The molecule has 0 aliphatic heterocycles. The number of rotatable bonds is 6. The van der Waals surface area contributed by atoms with E-state index in [0.29, 0.717) is 5.56 Å². The molecule has 0 saturated carbocycles. The Morgan fingerprint density at radius 2 is 2.00 bits per heavy atom. The van der Waals surface area contributed by atoms with Gasteiger partial charge in [0.25, 0.3) is 0 Å². The summed E-state index contributed by atoms with van der Waals surface area (Å²) < 4.78 is 19.9. The van der Waals surface area contributed by atoms with Crippen molar-refractivity contribution in [2.45, 2.75) is 32.9 Å². The molecule has 0 atom stereocenters. The molecular weight excluding hydrogens is 391 g/mol. The predicted molar refractivity (Wildman–Crippen MR) is 98.6 cm³/mol. The number of amides is 2. The van der Waals surface area contributed by atoms with Gasteiger partial charge in [0.05, 0.1) is 0 Å². The maximum absolute atomic E-state index is 13.9. The number of halogens is 2. The molecule has 0 fully saturated rings. The third-order valence-corrected chi connectivity index (χ3v) is 3.64.